The minimum atomic E-state index is 0.970. The average molecular weight is 373 g/mol. The average Bonchev–Trinajstić information content (AvgIpc) is 2.70. The minimum absolute atomic E-state index is 0.970. The smallest absolute Gasteiger partial charge is 0.00253 e. The molecule has 6 rings (SSSR count). The van der Waals surface area contributed by atoms with Gasteiger partial charge in [0.2, 0.25) is 0 Å². The lowest BCUT2D eigenvalue weighted by Crippen LogP contribution is -2.07. The molecule has 0 amide bonds. The number of hydrogen-bond acceptors (Lipinski definition) is 0. The molecule has 4 aromatic carbocycles. The van der Waals surface area contributed by atoms with Gasteiger partial charge in [-0.25, -0.2) is 0 Å². The van der Waals surface area contributed by atoms with Crippen molar-refractivity contribution in [2.24, 2.45) is 0 Å². The van der Waals surface area contributed by atoms with Crippen LogP contribution in [0.4, 0.5) is 0 Å². The number of fused-ring (bicyclic) bond motifs is 2. The maximum Gasteiger partial charge on any atom is -0.00253 e. The molecule has 0 unspecified atom stereocenters. The monoisotopic (exact) mass is 372 g/mol. The summed E-state index contributed by atoms with van der Waals surface area (Å²) >= 11 is 0. The summed E-state index contributed by atoms with van der Waals surface area (Å²) in [6, 6.07) is 32.0. The van der Waals surface area contributed by atoms with Crippen LogP contribution in [0.25, 0.3) is 22.3 Å². The molecule has 0 heterocycles. The van der Waals surface area contributed by atoms with Crippen molar-refractivity contribution in [2.75, 3.05) is 0 Å². The molecule has 0 radical (unpaired) electrons. The third-order valence-electron chi connectivity index (χ3n) is 6.67. The lowest BCUT2D eigenvalue weighted by atomic mass is 9.85. The van der Waals surface area contributed by atoms with Crippen LogP contribution in [0.2, 0.25) is 0 Å². The lowest BCUT2D eigenvalue weighted by molar-refractivity contribution is 0.840. The molecule has 0 aromatic heterocycles. The van der Waals surface area contributed by atoms with Gasteiger partial charge in [-0.2, -0.15) is 0 Å². The summed E-state index contributed by atoms with van der Waals surface area (Å²) in [5.74, 6) is 0. The van der Waals surface area contributed by atoms with Crippen molar-refractivity contribution in [2.45, 2.75) is 32.1 Å². The quantitative estimate of drug-likeness (QED) is 0.369. The summed E-state index contributed by atoms with van der Waals surface area (Å²) < 4.78 is 0. The van der Waals surface area contributed by atoms with E-state index < -0.39 is 0 Å². The van der Waals surface area contributed by atoms with Crippen molar-refractivity contribution in [3.8, 4) is 22.3 Å². The molecule has 140 valence electrons. The largest absolute Gasteiger partial charge is 0.0614 e. The van der Waals surface area contributed by atoms with Crippen LogP contribution in [-0.4, -0.2) is 0 Å². The van der Waals surface area contributed by atoms with Gasteiger partial charge in [-0.05, 0) is 87.7 Å². The highest BCUT2D eigenvalue weighted by molar-refractivity contribution is 5.68. The van der Waals surface area contributed by atoms with Crippen LogP contribution in [0.1, 0.15) is 33.4 Å². The van der Waals surface area contributed by atoms with Crippen LogP contribution >= 0.6 is 0 Å². The Morgan fingerprint density at radius 3 is 1.28 bits per heavy atom. The van der Waals surface area contributed by atoms with Gasteiger partial charge in [-0.1, -0.05) is 84.9 Å². The highest BCUT2D eigenvalue weighted by Gasteiger charge is 2.14. The first-order chi connectivity index (χ1) is 14.3. The maximum atomic E-state index is 2.38. The van der Waals surface area contributed by atoms with Gasteiger partial charge >= 0.3 is 0 Å². The second-order valence-corrected chi connectivity index (χ2v) is 8.54. The minimum Gasteiger partial charge on any atom is -0.0614 e. The molecular formula is C29H24. The Hall–Kier alpha value is -3.12. The lowest BCUT2D eigenvalue weighted by Gasteiger charge is -2.20. The standard InChI is InChI=1S/C29H24/c1-3-20(16-24(5-1)28-13-9-22-7-11-26(22)18-28)15-21-4-2-6-25(17-21)29-14-10-23-8-12-27(23)19-29/h1-6,9-10,13-14,16-19H,7-8,11-12,15H2. The van der Waals surface area contributed by atoms with E-state index in [0.29, 0.717) is 0 Å². The summed E-state index contributed by atoms with van der Waals surface area (Å²) in [5.41, 5.74) is 14.2. The number of hydrogen-bond donors (Lipinski definition) is 0. The van der Waals surface area contributed by atoms with Crippen LogP contribution in [0, 0.1) is 0 Å². The molecule has 0 atom stereocenters. The third-order valence-corrected chi connectivity index (χ3v) is 6.67. The van der Waals surface area contributed by atoms with E-state index in [1.54, 1.807) is 0 Å². The highest BCUT2D eigenvalue weighted by Crippen LogP contribution is 2.31. The predicted octanol–water partition coefficient (Wildman–Crippen LogP) is 6.81. The molecule has 0 nitrogen and oxygen atoms in total. The van der Waals surface area contributed by atoms with E-state index in [1.807, 2.05) is 0 Å². The second-order valence-electron chi connectivity index (χ2n) is 8.54. The van der Waals surface area contributed by atoms with Gasteiger partial charge in [0.15, 0.2) is 0 Å². The van der Waals surface area contributed by atoms with E-state index in [0.717, 1.165) is 6.42 Å². The van der Waals surface area contributed by atoms with E-state index >= 15 is 0 Å². The molecule has 0 heteroatoms. The van der Waals surface area contributed by atoms with Crippen molar-refractivity contribution in [1.82, 2.24) is 0 Å². The van der Waals surface area contributed by atoms with Gasteiger partial charge in [0.05, 0.1) is 0 Å². The van der Waals surface area contributed by atoms with Crippen molar-refractivity contribution < 1.29 is 0 Å². The zero-order valence-corrected chi connectivity index (χ0v) is 16.6. The summed E-state index contributed by atoms with van der Waals surface area (Å²) in [4.78, 5) is 0. The molecule has 0 spiro atoms. The van der Waals surface area contributed by atoms with Gasteiger partial charge in [0, 0.05) is 0 Å². The van der Waals surface area contributed by atoms with E-state index in [4.69, 9.17) is 0 Å². The molecule has 0 saturated carbocycles. The van der Waals surface area contributed by atoms with E-state index in [2.05, 4.69) is 84.9 Å². The summed E-state index contributed by atoms with van der Waals surface area (Å²) in [5, 5.41) is 0. The Morgan fingerprint density at radius 2 is 0.862 bits per heavy atom. The Bertz CT molecular complexity index is 1130. The topological polar surface area (TPSA) is 0 Å². The molecule has 0 bridgehead atoms. The fourth-order valence-corrected chi connectivity index (χ4v) is 4.71. The van der Waals surface area contributed by atoms with Gasteiger partial charge in [0.1, 0.15) is 0 Å². The van der Waals surface area contributed by atoms with Gasteiger partial charge in [0.25, 0.3) is 0 Å². The van der Waals surface area contributed by atoms with Crippen molar-refractivity contribution in [1.29, 1.82) is 0 Å². The molecular weight excluding hydrogens is 348 g/mol. The Balaban J connectivity index is 1.28. The molecule has 0 aliphatic heterocycles. The first-order valence-corrected chi connectivity index (χ1v) is 10.7. The zero-order chi connectivity index (χ0) is 19.2. The normalized spacial score (nSPS) is 13.8. The maximum absolute atomic E-state index is 2.38. The Kier molecular flexibility index (Phi) is 3.90. The zero-order valence-electron chi connectivity index (χ0n) is 16.6. The molecule has 29 heavy (non-hydrogen) atoms. The molecule has 0 fully saturated rings. The van der Waals surface area contributed by atoms with Crippen molar-refractivity contribution in [3.05, 3.63) is 118 Å². The molecule has 2 aliphatic carbocycles. The van der Waals surface area contributed by atoms with Gasteiger partial charge < -0.3 is 0 Å². The molecule has 0 saturated heterocycles. The number of benzene rings is 4. The van der Waals surface area contributed by atoms with Gasteiger partial charge in [-0.15, -0.1) is 0 Å². The fraction of sp³-hybridized carbons (Fsp3) is 0.172. The summed E-state index contributed by atoms with van der Waals surface area (Å²) in [7, 11) is 0. The SMILES string of the molecule is c1cc(Cc2cccc(-c3ccc4c(c3)CC4)c2)cc(-c2ccc3c(c2)CC3)c1. The van der Waals surface area contributed by atoms with Crippen molar-refractivity contribution in [3.63, 3.8) is 0 Å². The van der Waals surface area contributed by atoms with Crippen LogP contribution < -0.4 is 0 Å². The van der Waals surface area contributed by atoms with E-state index in [-0.39, 0.29) is 0 Å². The third kappa shape index (κ3) is 3.09. The number of rotatable bonds is 4. The molecule has 0 N–H and O–H groups in total. The van der Waals surface area contributed by atoms with Crippen LogP contribution in [0.15, 0.2) is 84.9 Å². The molecule has 2 aliphatic rings. The highest BCUT2D eigenvalue weighted by atomic mass is 14.2. The summed E-state index contributed by atoms with van der Waals surface area (Å²) in [6.07, 6.45) is 5.93. The van der Waals surface area contributed by atoms with E-state index in [9.17, 15) is 0 Å². The Labute approximate surface area is 172 Å². The van der Waals surface area contributed by atoms with Crippen LogP contribution in [0.5, 0.6) is 0 Å². The second kappa shape index (κ2) is 6.74. The van der Waals surface area contributed by atoms with Crippen LogP contribution in [0.3, 0.4) is 0 Å². The first kappa shape index (κ1) is 16.8. The fourth-order valence-electron chi connectivity index (χ4n) is 4.71. The first-order valence-electron chi connectivity index (χ1n) is 10.7. The van der Waals surface area contributed by atoms with Crippen molar-refractivity contribution >= 4 is 0 Å². The van der Waals surface area contributed by atoms with Gasteiger partial charge in [-0.3, -0.25) is 0 Å². The van der Waals surface area contributed by atoms with E-state index in [1.165, 1.54) is 81.3 Å². The summed E-state index contributed by atoms with van der Waals surface area (Å²) in [6.45, 7) is 0. The van der Waals surface area contributed by atoms with Crippen LogP contribution in [-0.2, 0) is 32.1 Å². The Morgan fingerprint density at radius 1 is 0.414 bits per heavy atom. The predicted molar refractivity (Wildman–Crippen MR) is 121 cm³/mol. The number of aryl methyl sites for hydroxylation is 4. The molecule has 4 aromatic rings.